The van der Waals surface area contributed by atoms with Crippen molar-refractivity contribution in [1.29, 1.82) is 0 Å². The van der Waals surface area contributed by atoms with Gasteiger partial charge in [-0.05, 0) is 150 Å². The number of hydrogen-bond donors (Lipinski definition) is 8. The second kappa shape index (κ2) is 59.5. The summed E-state index contributed by atoms with van der Waals surface area (Å²) in [7, 11) is 3.08. The second-order valence-electron chi connectivity index (χ2n) is 32.5. The molecule has 14 aromatic rings. The molecule has 0 amide bonds. The lowest BCUT2D eigenvalue weighted by molar-refractivity contribution is -0.274. The molecule has 147 heavy (non-hydrogen) atoms. The van der Waals surface area contributed by atoms with Crippen LogP contribution in [0.15, 0.2) is 232 Å². The average molecular weight is 2080 g/mol. The van der Waals surface area contributed by atoms with Gasteiger partial charge in [-0.1, -0.05) is 134 Å². The Morgan fingerprint density at radius 3 is 1.07 bits per heavy atom. The number of nitrogens with zero attached hydrogens (tertiary/aromatic N) is 14. The number of carbonyl (C=O) groups excluding carboxylic acids is 7. The zero-order chi connectivity index (χ0) is 106. The molecule has 8 N–H and O–H groups in total. The van der Waals surface area contributed by atoms with Crippen LogP contribution in [0.5, 0.6) is 28.7 Å². The van der Waals surface area contributed by atoms with Crippen LogP contribution in [0, 0.1) is 12.7 Å². The number of aliphatic hydroxyl groups excluding tert-OH is 8. The molecule has 34 nitrogen and oxygen atoms in total. The van der Waals surface area contributed by atoms with Crippen molar-refractivity contribution in [2.75, 3.05) is 67.3 Å². The number of benzene rings is 7. The number of aryl methyl sites for hydroxylation is 11. The van der Waals surface area contributed by atoms with Crippen LogP contribution in [0.3, 0.4) is 0 Å². The van der Waals surface area contributed by atoms with Crippen LogP contribution >= 0.6 is 34.8 Å². The summed E-state index contributed by atoms with van der Waals surface area (Å²) in [5.74, 6) is 3.44. The van der Waals surface area contributed by atoms with E-state index in [1.807, 2.05) is 79.7 Å². The van der Waals surface area contributed by atoms with Crippen molar-refractivity contribution in [3.8, 4) is 28.7 Å². The van der Waals surface area contributed by atoms with Gasteiger partial charge in [0, 0.05) is 158 Å². The van der Waals surface area contributed by atoms with Gasteiger partial charge < -0.3 is 64.5 Å². The molecule has 0 aliphatic carbocycles. The van der Waals surface area contributed by atoms with E-state index in [0.717, 1.165) is 68.5 Å². The average Bonchev–Trinajstić information content (AvgIpc) is 1.63. The molecular weight excluding hydrogens is 1970 g/mol. The first-order valence-corrected chi connectivity index (χ1v) is 46.5. The fourth-order valence-electron chi connectivity index (χ4n) is 13.8. The van der Waals surface area contributed by atoms with E-state index in [4.69, 9.17) is 89.5 Å². The number of carbonyl (C=O) groups is 7. The number of ketones is 7. The Bertz CT molecular complexity index is 6610. The van der Waals surface area contributed by atoms with Gasteiger partial charge in [-0.15, -0.1) is 13.2 Å². The van der Waals surface area contributed by atoms with E-state index in [2.05, 4.69) is 100 Å². The van der Waals surface area contributed by atoms with Gasteiger partial charge in [0.05, 0.1) is 59.8 Å². The van der Waals surface area contributed by atoms with Gasteiger partial charge in [0.1, 0.15) is 110 Å². The van der Waals surface area contributed by atoms with Crippen molar-refractivity contribution in [3.05, 3.63) is 383 Å². The van der Waals surface area contributed by atoms with Crippen LogP contribution < -0.4 is 23.7 Å². The minimum absolute atomic E-state index is 0.0582. The van der Waals surface area contributed by atoms with Gasteiger partial charge in [-0.3, -0.25) is 33.6 Å². The van der Waals surface area contributed by atoms with Crippen molar-refractivity contribution in [1.82, 2.24) is 69.8 Å². The molecule has 7 aromatic heterocycles. The van der Waals surface area contributed by atoms with Crippen molar-refractivity contribution >= 4 is 75.3 Å². The zero-order valence-corrected chi connectivity index (χ0v) is 82.6. The first-order valence-electron chi connectivity index (χ1n) is 45.4. The molecule has 0 saturated carbocycles. The van der Waals surface area contributed by atoms with Gasteiger partial charge >= 0.3 is 6.36 Å². The van der Waals surface area contributed by atoms with Gasteiger partial charge in [0.2, 0.25) is 6.79 Å². The molecule has 1 aliphatic heterocycles. The quantitative estimate of drug-likeness (QED) is 0.0131. The molecule has 0 fully saturated rings. The van der Waals surface area contributed by atoms with E-state index in [9.17, 15) is 56.2 Å². The summed E-state index contributed by atoms with van der Waals surface area (Å²) in [5.41, 5.74) is 10.5. The minimum Gasteiger partial charge on any atom is -0.496 e. The number of methoxy groups -OCH3 is 2. The van der Waals surface area contributed by atoms with Crippen LogP contribution in [0.25, 0.3) is 0 Å². The van der Waals surface area contributed by atoms with Crippen molar-refractivity contribution in [3.63, 3.8) is 0 Å². The van der Waals surface area contributed by atoms with Crippen LogP contribution in [-0.4, -0.2) is 225 Å². The number of Topliss-reactive ketones (excluding diaryl/α,β-unsaturated/α-hetero) is 7. The number of alkyl halides is 3. The van der Waals surface area contributed by atoms with E-state index < -0.39 is 75.7 Å². The summed E-state index contributed by atoms with van der Waals surface area (Å²) in [6, 6.07) is 42.9. The predicted molar refractivity (Wildman–Crippen MR) is 532 cm³/mol. The molecule has 0 saturated heterocycles. The summed E-state index contributed by atoms with van der Waals surface area (Å²) in [6.07, 6.45) is 22.6. The molecule has 15 rings (SSSR count). The third-order valence-corrected chi connectivity index (χ3v) is 22.9. The molecule has 7 aromatic carbocycles. The summed E-state index contributed by atoms with van der Waals surface area (Å²) in [5, 5.41) is 72.6. The third-order valence-electron chi connectivity index (χ3n) is 21.9. The molecule has 0 spiro atoms. The Hall–Kier alpha value is -14.9. The number of rotatable bonds is 39. The molecule has 0 radical (unpaired) electrons. The van der Waals surface area contributed by atoms with E-state index in [-0.39, 0.29) is 71.7 Å². The van der Waals surface area contributed by atoms with E-state index in [0.29, 0.717) is 148 Å². The number of aromatic nitrogens is 14. The highest BCUT2D eigenvalue weighted by molar-refractivity contribution is 6.36. The number of hydrogen-bond acceptors (Lipinski definition) is 34. The first kappa shape index (κ1) is 116. The Morgan fingerprint density at radius 2 is 0.680 bits per heavy atom. The lowest BCUT2D eigenvalue weighted by Crippen LogP contribution is -2.22. The summed E-state index contributed by atoms with van der Waals surface area (Å²) in [6.45, 7) is 2.65. The van der Waals surface area contributed by atoms with Crippen molar-refractivity contribution in [2.45, 2.75) is 123 Å². The van der Waals surface area contributed by atoms with E-state index >= 15 is 0 Å². The maximum absolute atomic E-state index is 13.1. The number of aliphatic hydroxyl groups is 8. The lowest BCUT2D eigenvalue weighted by Gasteiger charge is -2.24. The first-order chi connectivity index (χ1) is 70.7. The SMILES string of the molecule is CC(C)(Cc1ncc(C(=O)CO)cn1)c1ccccc1.COc1cc(F)ccc1CCc1ncc(C(=O)CO)cn1.COc1cccc(CO)c1CCc1ncc(C(=O)CO)cn1.Cc1cc(Cl)ccc1CCc1ncc(C(=O)CO)cn1.O=C(CO)c1cnc(CCc2c(Cl)cccc2Cl)nc1.O=C(CO)c1cnc(CCc2ccc3c(c2)OCO3)nc1.O=C(CO)c1cnc(CCc2ccccc2OC(F)(F)F)nc1. The fourth-order valence-corrected chi connectivity index (χ4v) is 14.6. The standard InChI is InChI=1S/C16H18N2O4.C16H18N2O2.C15H15ClN2O2.C15H13F3N2O3.C15H15FN2O3.C15H14N2O4.C14H12Cl2N2O2/c1-22-15-4-2-3-11(9-19)13(15)5-6-16-17-7-12(8-18-16)14(21)10-20;1-16(2,13-6-4-3-5-7-13)8-15-17-9-12(10-18-15)14(20)11-19;1-10-6-13(16)4-2-11(10)3-5-15-17-7-12(8-18-15)14(20)9-19;16-15(17,18)23-13-4-2-1-3-10(13)5-6-14-19-7-11(8-20-14)12(22)9-21;1-21-14-6-12(16)4-2-10(14)3-5-15-17-7-11(8-18-15)13(20)9-19;18-8-12(19)11-6-16-15(17-7-11)4-2-10-1-3-13-14(5-10)21-9-20-13;15-11-2-1-3-12(16)10(11)4-5-14-17-6-9(7-18-14)13(20)8-19/h2-4,7-8,19-20H,5-6,9-10H2,1H3;3-7,9-10,19H,8,11H2,1-2H3;2,4,6-8,19H,3,5,9H2,1H3;1-4,7-8,21H,5-6,9H2;2,4,6-8,19H,3,5,9H2,1H3;1,3,5-7,18H,2,4,8-9H2;1-3,6-7,19H,4-5,8H2. The minimum atomic E-state index is -4.75. The smallest absolute Gasteiger partial charge is 0.496 e. The van der Waals surface area contributed by atoms with Crippen LogP contribution in [-0.2, 0) is 95.5 Å². The topological polar surface area (TPSA) is 508 Å². The van der Waals surface area contributed by atoms with Crippen LogP contribution in [0.1, 0.15) is 177 Å². The van der Waals surface area contributed by atoms with Gasteiger partial charge in [0.25, 0.3) is 0 Å². The maximum Gasteiger partial charge on any atom is 0.573 e. The van der Waals surface area contributed by atoms with E-state index in [1.165, 1.54) is 135 Å². The van der Waals surface area contributed by atoms with Gasteiger partial charge in [-0.2, -0.15) is 0 Å². The normalized spacial score (nSPS) is 11.0. The largest absolute Gasteiger partial charge is 0.573 e. The molecule has 41 heteroatoms. The molecule has 768 valence electrons. The van der Waals surface area contributed by atoms with Crippen LogP contribution in [0.4, 0.5) is 17.6 Å². The molecular formula is C106H105Cl3F4N14O20. The molecule has 8 heterocycles. The number of halogens is 7. The Labute approximate surface area is 857 Å². The summed E-state index contributed by atoms with van der Waals surface area (Å²) in [4.78, 5) is 136. The molecule has 0 unspecified atom stereocenters. The molecule has 0 atom stereocenters. The number of para-hydroxylation sites is 1. The summed E-state index contributed by atoms with van der Waals surface area (Å²) < 4.78 is 75.1. The highest BCUT2D eigenvalue weighted by Crippen LogP contribution is 2.35. The monoisotopic (exact) mass is 2070 g/mol. The number of ether oxygens (including phenoxy) is 5. The van der Waals surface area contributed by atoms with Crippen molar-refractivity contribution < 1.29 is 116 Å². The predicted octanol–water partition coefficient (Wildman–Crippen LogP) is 13.3. The Kier molecular flexibility index (Phi) is 46.8. The second-order valence-corrected chi connectivity index (χ2v) is 33.8. The lowest BCUT2D eigenvalue weighted by atomic mass is 9.81. The zero-order valence-electron chi connectivity index (χ0n) is 80.4. The highest BCUT2D eigenvalue weighted by atomic mass is 35.5. The van der Waals surface area contributed by atoms with Gasteiger partial charge in [-0.25, -0.2) is 74.2 Å². The summed E-state index contributed by atoms with van der Waals surface area (Å²) >= 11 is 18.1. The fraction of sp³-hybridized carbons (Fsp3) is 0.274. The highest BCUT2D eigenvalue weighted by Gasteiger charge is 2.32. The Morgan fingerprint density at radius 1 is 0.340 bits per heavy atom. The Balaban J connectivity index is 0.000000191. The van der Waals surface area contributed by atoms with Gasteiger partial charge in [0.15, 0.2) is 52.0 Å². The maximum atomic E-state index is 13.1. The number of fused-ring (bicyclic) bond motifs is 1. The van der Waals surface area contributed by atoms with Crippen molar-refractivity contribution in [2.24, 2.45) is 0 Å². The van der Waals surface area contributed by atoms with Crippen LogP contribution in [0.2, 0.25) is 15.1 Å². The third kappa shape index (κ3) is 37.6. The molecule has 1 aliphatic rings. The van der Waals surface area contributed by atoms with E-state index in [1.54, 1.807) is 37.4 Å². The molecule has 0 bridgehead atoms.